The number of nitriles is 1. The van der Waals surface area contributed by atoms with Crippen molar-refractivity contribution >= 4 is 32.7 Å². The van der Waals surface area contributed by atoms with Gasteiger partial charge in [-0.1, -0.05) is 42.7 Å². The number of nitrogens with one attached hydrogen (secondary N) is 2. The number of aromatic nitrogens is 1. The number of urea groups is 1. The summed E-state index contributed by atoms with van der Waals surface area (Å²) in [5.41, 5.74) is 0.143. The van der Waals surface area contributed by atoms with Crippen molar-refractivity contribution in [3.63, 3.8) is 0 Å². The van der Waals surface area contributed by atoms with Crippen molar-refractivity contribution in [2.24, 2.45) is 0 Å². The number of hydrogen-bond acceptors (Lipinski definition) is 4. The van der Waals surface area contributed by atoms with Crippen LogP contribution in [0.5, 0.6) is 0 Å². The molecule has 1 aliphatic carbocycles. The van der Waals surface area contributed by atoms with E-state index >= 15 is 0 Å². The number of carbonyl (C=O) groups is 1. The summed E-state index contributed by atoms with van der Waals surface area (Å²) in [6.45, 7) is 0. The van der Waals surface area contributed by atoms with Gasteiger partial charge >= 0.3 is 6.03 Å². The first-order chi connectivity index (χ1) is 10.2. The van der Waals surface area contributed by atoms with Crippen LogP contribution in [0.2, 0.25) is 0 Å². The lowest BCUT2D eigenvalue weighted by Gasteiger charge is -2.31. The highest BCUT2D eigenvalue weighted by atomic mass is 32.1. The summed E-state index contributed by atoms with van der Waals surface area (Å²) in [5.74, 6) is 0. The molecule has 108 valence electrons. The van der Waals surface area contributed by atoms with Crippen molar-refractivity contribution in [3.05, 3.63) is 24.3 Å². The number of anilines is 1. The lowest BCUT2D eigenvalue weighted by molar-refractivity contribution is 0.233. The fourth-order valence-corrected chi connectivity index (χ4v) is 3.55. The van der Waals surface area contributed by atoms with Crippen molar-refractivity contribution in [1.29, 1.82) is 5.26 Å². The molecule has 1 heterocycles. The minimum Gasteiger partial charge on any atom is -0.319 e. The Morgan fingerprint density at radius 1 is 1.29 bits per heavy atom. The van der Waals surface area contributed by atoms with E-state index in [1.165, 1.54) is 11.3 Å². The minimum atomic E-state index is -0.723. The zero-order valence-electron chi connectivity index (χ0n) is 11.6. The van der Waals surface area contributed by atoms with Crippen molar-refractivity contribution in [1.82, 2.24) is 10.3 Å². The third-order valence-corrected chi connectivity index (χ3v) is 4.74. The molecule has 5 nitrogen and oxygen atoms in total. The van der Waals surface area contributed by atoms with E-state index in [2.05, 4.69) is 21.7 Å². The standard InChI is InChI=1S/C15H16N4OS/c16-10-15(8-4-1-5-9-15)19-13(20)18-14-17-11-6-2-3-7-12(11)21-14/h2-3,6-7H,1,4-5,8-9H2,(H2,17,18,19,20). The molecule has 21 heavy (non-hydrogen) atoms. The summed E-state index contributed by atoms with van der Waals surface area (Å²) in [6.07, 6.45) is 4.53. The molecule has 2 amide bonds. The number of carbonyl (C=O) groups excluding carboxylic acids is 1. The van der Waals surface area contributed by atoms with Crippen LogP contribution in [0, 0.1) is 11.3 Å². The molecule has 2 aromatic rings. The first-order valence-electron chi connectivity index (χ1n) is 7.07. The lowest BCUT2D eigenvalue weighted by Crippen LogP contribution is -2.50. The highest BCUT2D eigenvalue weighted by Gasteiger charge is 2.33. The van der Waals surface area contributed by atoms with E-state index in [-0.39, 0.29) is 6.03 Å². The Bertz CT molecular complexity index is 664. The maximum atomic E-state index is 12.1. The number of rotatable bonds is 2. The van der Waals surface area contributed by atoms with E-state index in [9.17, 15) is 10.1 Å². The molecule has 0 aliphatic heterocycles. The van der Waals surface area contributed by atoms with Gasteiger partial charge in [-0.15, -0.1) is 0 Å². The molecule has 6 heteroatoms. The monoisotopic (exact) mass is 300 g/mol. The number of nitrogens with zero attached hydrogens (tertiary/aromatic N) is 2. The second kappa shape index (κ2) is 5.70. The van der Waals surface area contributed by atoms with Gasteiger partial charge < -0.3 is 5.32 Å². The topological polar surface area (TPSA) is 77.8 Å². The van der Waals surface area contributed by atoms with Gasteiger partial charge in [0.15, 0.2) is 5.13 Å². The molecule has 3 rings (SSSR count). The zero-order valence-corrected chi connectivity index (χ0v) is 12.4. The van der Waals surface area contributed by atoms with Crippen molar-refractivity contribution in [2.45, 2.75) is 37.6 Å². The van der Waals surface area contributed by atoms with E-state index in [1.807, 2.05) is 24.3 Å². The summed E-state index contributed by atoms with van der Waals surface area (Å²) in [5, 5.41) is 15.5. The molecule has 0 bridgehead atoms. The average molecular weight is 300 g/mol. The molecule has 0 spiro atoms. The van der Waals surface area contributed by atoms with Crippen molar-refractivity contribution < 1.29 is 4.79 Å². The number of hydrogen-bond donors (Lipinski definition) is 2. The lowest BCUT2D eigenvalue weighted by atomic mass is 9.83. The van der Waals surface area contributed by atoms with Crippen LogP contribution < -0.4 is 10.6 Å². The van der Waals surface area contributed by atoms with Crippen molar-refractivity contribution in [3.8, 4) is 6.07 Å². The second-order valence-corrected chi connectivity index (χ2v) is 6.35. The Balaban J connectivity index is 1.69. The van der Waals surface area contributed by atoms with Gasteiger partial charge in [0.25, 0.3) is 0 Å². The van der Waals surface area contributed by atoms with Crippen LogP contribution in [-0.2, 0) is 0 Å². The summed E-state index contributed by atoms with van der Waals surface area (Å²) >= 11 is 1.43. The molecule has 1 fully saturated rings. The number of para-hydroxylation sites is 1. The highest BCUT2D eigenvalue weighted by Crippen LogP contribution is 2.28. The molecule has 1 saturated carbocycles. The molecular formula is C15H16N4OS. The van der Waals surface area contributed by atoms with Crippen molar-refractivity contribution in [2.75, 3.05) is 5.32 Å². The molecule has 0 saturated heterocycles. The van der Waals surface area contributed by atoms with Crippen LogP contribution in [0.3, 0.4) is 0 Å². The van der Waals surface area contributed by atoms with Crippen LogP contribution in [0.25, 0.3) is 10.2 Å². The fraction of sp³-hybridized carbons (Fsp3) is 0.400. The molecule has 1 aliphatic rings. The second-order valence-electron chi connectivity index (χ2n) is 5.32. The summed E-state index contributed by atoms with van der Waals surface area (Å²) in [4.78, 5) is 16.5. The first kappa shape index (κ1) is 13.8. The average Bonchev–Trinajstić information content (AvgIpc) is 2.90. The molecule has 1 aromatic carbocycles. The number of thiazole rings is 1. The summed E-state index contributed by atoms with van der Waals surface area (Å²) in [6, 6.07) is 9.65. The smallest absolute Gasteiger partial charge is 0.319 e. The van der Waals surface area contributed by atoms with Gasteiger partial charge in [-0.3, -0.25) is 5.32 Å². The van der Waals surface area contributed by atoms with E-state index < -0.39 is 5.54 Å². The number of amides is 2. The van der Waals surface area contributed by atoms with E-state index in [0.29, 0.717) is 5.13 Å². The van der Waals surface area contributed by atoms with Gasteiger partial charge in [0, 0.05) is 0 Å². The van der Waals surface area contributed by atoms with Gasteiger partial charge in [-0.25, -0.2) is 9.78 Å². The van der Waals surface area contributed by atoms with E-state index in [1.54, 1.807) is 0 Å². The largest absolute Gasteiger partial charge is 0.322 e. The molecule has 0 atom stereocenters. The number of benzene rings is 1. The number of fused-ring (bicyclic) bond motifs is 1. The quantitative estimate of drug-likeness (QED) is 0.888. The van der Waals surface area contributed by atoms with Crippen LogP contribution in [0.15, 0.2) is 24.3 Å². The molecule has 0 radical (unpaired) electrons. The molecule has 1 aromatic heterocycles. The Morgan fingerprint density at radius 3 is 2.76 bits per heavy atom. The minimum absolute atomic E-state index is 0.350. The Kier molecular flexibility index (Phi) is 3.76. The Morgan fingerprint density at radius 2 is 2.05 bits per heavy atom. The van der Waals surface area contributed by atoms with E-state index in [0.717, 1.165) is 42.3 Å². The summed E-state index contributed by atoms with van der Waals surface area (Å²) in [7, 11) is 0. The van der Waals surface area contributed by atoms with Gasteiger partial charge in [0.1, 0.15) is 5.54 Å². The molecule has 2 N–H and O–H groups in total. The van der Waals surface area contributed by atoms with E-state index in [4.69, 9.17) is 0 Å². The summed E-state index contributed by atoms with van der Waals surface area (Å²) < 4.78 is 1.03. The van der Waals surface area contributed by atoms with Crippen LogP contribution >= 0.6 is 11.3 Å². The van der Waals surface area contributed by atoms with Gasteiger partial charge in [0.2, 0.25) is 0 Å². The van der Waals surface area contributed by atoms with Crippen LogP contribution in [0.4, 0.5) is 9.93 Å². The van der Waals surface area contributed by atoms with Crippen LogP contribution in [-0.4, -0.2) is 16.6 Å². The van der Waals surface area contributed by atoms with Gasteiger partial charge in [-0.2, -0.15) is 5.26 Å². The SMILES string of the molecule is N#CC1(NC(=O)Nc2nc3ccccc3s2)CCCCC1. The van der Waals surface area contributed by atoms with Gasteiger partial charge in [-0.05, 0) is 25.0 Å². The normalized spacial score (nSPS) is 17.1. The Hall–Kier alpha value is -2.13. The third-order valence-electron chi connectivity index (χ3n) is 3.79. The first-order valence-corrected chi connectivity index (χ1v) is 7.88. The maximum absolute atomic E-state index is 12.1. The zero-order chi connectivity index (χ0) is 14.7. The van der Waals surface area contributed by atoms with Crippen LogP contribution in [0.1, 0.15) is 32.1 Å². The fourth-order valence-electron chi connectivity index (χ4n) is 2.69. The maximum Gasteiger partial charge on any atom is 0.322 e. The van der Waals surface area contributed by atoms with Gasteiger partial charge in [0.05, 0.1) is 16.3 Å². The molecular weight excluding hydrogens is 284 g/mol. The predicted octanol–water partition coefficient (Wildman–Crippen LogP) is 3.64. The molecule has 0 unspecified atom stereocenters. The predicted molar refractivity (Wildman–Crippen MR) is 83.2 cm³/mol. The highest BCUT2D eigenvalue weighted by molar-refractivity contribution is 7.22. The Labute approximate surface area is 127 Å². The third kappa shape index (κ3) is 2.98.